The zero-order valence-corrected chi connectivity index (χ0v) is 22.6. The molecule has 5 rings (SSSR count). The molecule has 0 saturated heterocycles. The topological polar surface area (TPSA) is 108 Å². The van der Waals surface area contributed by atoms with E-state index in [1.165, 1.54) is 22.4 Å². The van der Waals surface area contributed by atoms with Gasteiger partial charge in [0.05, 0.1) is 40.6 Å². The van der Waals surface area contributed by atoms with Crippen molar-refractivity contribution >= 4 is 34.7 Å². The minimum absolute atomic E-state index is 0.157. The van der Waals surface area contributed by atoms with E-state index in [0.717, 1.165) is 4.88 Å². The van der Waals surface area contributed by atoms with Gasteiger partial charge in [-0.1, -0.05) is 38.4 Å². The lowest BCUT2D eigenvalue weighted by Gasteiger charge is -2.18. The third kappa shape index (κ3) is 5.32. The third-order valence-corrected chi connectivity index (χ3v) is 7.02. The van der Waals surface area contributed by atoms with E-state index in [1.807, 2.05) is 57.2 Å². The van der Waals surface area contributed by atoms with Gasteiger partial charge in [0.25, 0.3) is 11.5 Å². The Morgan fingerprint density at radius 1 is 1.13 bits per heavy atom. The molecule has 0 bridgehead atoms. The maximum absolute atomic E-state index is 13.9. The van der Waals surface area contributed by atoms with Crippen molar-refractivity contribution in [1.29, 1.82) is 0 Å². The van der Waals surface area contributed by atoms with E-state index in [2.05, 4.69) is 20.4 Å². The van der Waals surface area contributed by atoms with Crippen molar-refractivity contribution in [3.8, 4) is 22.6 Å². The summed E-state index contributed by atoms with van der Waals surface area (Å²) in [6.45, 7) is 6.08. The summed E-state index contributed by atoms with van der Waals surface area (Å²) in [5.74, 6) is 0.800. The number of aromatic nitrogens is 5. The lowest BCUT2D eigenvalue weighted by molar-refractivity contribution is 0.0752. The Labute approximate surface area is 227 Å². The molecule has 0 saturated carbocycles. The molecule has 0 aliphatic rings. The maximum atomic E-state index is 13.9. The Morgan fingerprint density at radius 3 is 2.63 bits per heavy atom. The van der Waals surface area contributed by atoms with Crippen LogP contribution in [0.15, 0.2) is 76.5 Å². The predicted molar refractivity (Wildman–Crippen MR) is 147 cm³/mol. The van der Waals surface area contributed by atoms with E-state index in [0.29, 0.717) is 45.1 Å². The normalized spacial score (nSPS) is 11.6. The molecule has 0 unspecified atom stereocenters. The fraction of sp³-hybridized carbons (Fsp3) is 0.222. The van der Waals surface area contributed by atoms with Gasteiger partial charge in [0.1, 0.15) is 17.3 Å². The number of hydrogen-bond acceptors (Lipinski definition) is 8. The Bertz CT molecular complexity index is 1630. The molecular formula is C27H25ClN6O3S. The van der Waals surface area contributed by atoms with Gasteiger partial charge in [0.2, 0.25) is 0 Å². The number of hydrogen-bond donors (Lipinski definition) is 1. The van der Waals surface area contributed by atoms with Crippen molar-refractivity contribution < 1.29 is 9.21 Å². The van der Waals surface area contributed by atoms with Gasteiger partial charge in [-0.3, -0.25) is 19.1 Å². The summed E-state index contributed by atoms with van der Waals surface area (Å²) < 4.78 is 9.01. The van der Waals surface area contributed by atoms with Crippen LogP contribution in [0.3, 0.4) is 0 Å². The summed E-state index contributed by atoms with van der Waals surface area (Å²) in [5, 5.41) is 7.87. The second kappa shape index (κ2) is 10.4. The van der Waals surface area contributed by atoms with Crippen LogP contribution in [0.2, 0.25) is 4.34 Å². The molecule has 0 atom stereocenters. The molecule has 38 heavy (non-hydrogen) atoms. The van der Waals surface area contributed by atoms with Crippen LogP contribution in [0, 0.1) is 5.41 Å². The van der Waals surface area contributed by atoms with Gasteiger partial charge in [-0.05, 0) is 36.4 Å². The average Bonchev–Trinajstić information content (AvgIpc) is 3.65. The lowest BCUT2D eigenvalue weighted by Crippen LogP contribution is -2.29. The summed E-state index contributed by atoms with van der Waals surface area (Å²) >= 11 is 7.53. The molecule has 5 aromatic rings. The molecular weight excluding hydrogens is 524 g/mol. The van der Waals surface area contributed by atoms with Gasteiger partial charge in [-0.2, -0.15) is 9.78 Å². The van der Waals surface area contributed by atoms with Crippen molar-refractivity contribution in [1.82, 2.24) is 24.3 Å². The molecule has 0 aromatic carbocycles. The third-order valence-electron chi connectivity index (χ3n) is 5.79. The first-order valence-corrected chi connectivity index (χ1v) is 13.1. The monoisotopic (exact) mass is 548 g/mol. The molecule has 11 heteroatoms. The first-order valence-electron chi connectivity index (χ1n) is 11.9. The van der Waals surface area contributed by atoms with Crippen molar-refractivity contribution in [2.24, 2.45) is 5.41 Å². The van der Waals surface area contributed by atoms with Crippen LogP contribution in [-0.4, -0.2) is 30.2 Å². The average molecular weight is 549 g/mol. The first kappa shape index (κ1) is 25.6. The molecule has 0 radical (unpaired) electrons. The summed E-state index contributed by atoms with van der Waals surface area (Å²) in [6, 6.07) is 14.5. The van der Waals surface area contributed by atoms with Gasteiger partial charge in [0.15, 0.2) is 6.39 Å². The fourth-order valence-corrected chi connectivity index (χ4v) is 4.91. The molecule has 194 valence electrons. The number of carbonyl (C=O) groups excluding carboxylic acids is 1. The van der Waals surface area contributed by atoms with Gasteiger partial charge in [-0.25, -0.2) is 4.98 Å². The van der Waals surface area contributed by atoms with Gasteiger partial charge < -0.3 is 9.73 Å². The molecule has 9 nitrogen and oxygen atoms in total. The molecule has 5 heterocycles. The second-order valence-corrected chi connectivity index (χ2v) is 11.4. The standard InChI is InChI=1S/C27H25ClN6O3S/c1-27(2,3)26(36)34-24(31-14-18-7-10-23(28)38-18)12-21(32-34)19-8-9-22(20-6-4-5-11-30-20)33(25(19)35)15-17-13-29-16-37-17/h4-13,16,31H,14-15H2,1-3H3. The van der Waals surface area contributed by atoms with Crippen LogP contribution < -0.4 is 10.9 Å². The minimum Gasteiger partial charge on any atom is -0.447 e. The molecule has 0 spiro atoms. The number of carbonyl (C=O) groups is 1. The molecule has 1 N–H and O–H groups in total. The maximum Gasteiger partial charge on any atom is 0.261 e. The van der Waals surface area contributed by atoms with Crippen LogP contribution in [-0.2, 0) is 13.1 Å². The summed E-state index contributed by atoms with van der Waals surface area (Å²) in [7, 11) is 0. The van der Waals surface area contributed by atoms with E-state index in [4.69, 9.17) is 16.0 Å². The van der Waals surface area contributed by atoms with Crippen LogP contribution in [0.1, 0.15) is 36.2 Å². The van der Waals surface area contributed by atoms with Crippen molar-refractivity contribution in [3.63, 3.8) is 0 Å². The molecule has 0 fully saturated rings. The molecule has 0 aliphatic heterocycles. The first-order chi connectivity index (χ1) is 18.2. The smallest absolute Gasteiger partial charge is 0.261 e. The van der Waals surface area contributed by atoms with Crippen LogP contribution in [0.5, 0.6) is 0 Å². The largest absolute Gasteiger partial charge is 0.447 e. The number of pyridine rings is 2. The summed E-state index contributed by atoms with van der Waals surface area (Å²) in [5.41, 5.74) is 0.982. The summed E-state index contributed by atoms with van der Waals surface area (Å²) in [6.07, 6.45) is 4.56. The van der Waals surface area contributed by atoms with Crippen molar-refractivity contribution in [3.05, 3.63) is 92.6 Å². The van der Waals surface area contributed by atoms with Gasteiger partial charge in [-0.15, -0.1) is 11.3 Å². The number of halogens is 1. The number of nitrogens with one attached hydrogen (secondary N) is 1. The van der Waals surface area contributed by atoms with E-state index in [1.54, 1.807) is 29.1 Å². The van der Waals surface area contributed by atoms with Crippen LogP contribution in [0.25, 0.3) is 22.6 Å². The highest BCUT2D eigenvalue weighted by atomic mass is 35.5. The zero-order valence-electron chi connectivity index (χ0n) is 21.0. The van der Waals surface area contributed by atoms with Crippen LogP contribution in [0.4, 0.5) is 5.82 Å². The van der Waals surface area contributed by atoms with Crippen molar-refractivity contribution in [2.75, 3.05) is 5.32 Å². The Kier molecular flexibility index (Phi) is 7.00. The highest BCUT2D eigenvalue weighted by Gasteiger charge is 2.28. The van der Waals surface area contributed by atoms with Crippen molar-refractivity contribution in [2.45, 2.75) is 33.9 Å². The number of thiophene rings is 1. The quantitative estimate of drug-likeness (QED) is 0.273. The highest BCUT2D eigenvalue weighted by Crippen LogP contribution is 2.28. The van der Waals surface area contributed by atoms with E-state index < -0.39 is 5.41 Å². The number of rotatable bonds is 7. The summed E-state index contributed by atoms with van der Waals surface area (Å²) in [4.78, 5) is 36.5. The van der Waals surface area contributed by atoms with Crippen LogP contribution >= 0.6 is 22.9 Å². The SMILES string of the molecule is CC(C)(C)C(=O)n1nc(-c2ccc(-c3ccccn3)n(Cc3cnco3)c2=O)cc1NCc1ccc(Cl)s1. The number of nitrogens with zero attached hydrogens (tertiary/aromatic N) is 5. The number of anilines is 1. The lowest BCUT2D eigenvalue weighted by atomic mass is 9.96. The fourth-order valence-electron chi connectivity index (χ4n) is 3.88. The van der Waals surface area contributed by atoms with E-state index in [-0.39, 0.29) is 18.0 Å². The second-order valence-electron chi connectivity index (χ2n) is 9.65. The highest BCUT2D eigenvalue weighted by molar-refractivity contribution is 7.16. The zero-order chi connectivity index (χ0) is 26.9. The molecule has 0 amide bonds. The van der Waals surface area contributed by atoms with E-state index >= 15 is 0 Å². The Hall–Kier alpha value is -4.02. The Balaban J connectivity index is 1.60. The van der Waals surface area contributed by atoms with E-state index in [9.17, 15) is 9.59 Å². The Morgan fingerprint density at radius 2 is 1.97 bits per heavy atom. The molecule has 0 aliphatic carbocycles. The predicted octanol–water partition coefficient (Wildman–Crippen LogP) is 5.82. The van der Waals surface area contributed by atoms with Gasteiger partial charge >= 0.3 is 0 Å². The van der Waals surface area contributed by atoms with Gasteiger partial charge in [0, 0.05) is 22.6 Å². The number of oxazole rings is 1. The minimum atomic E-state index is -0.693. The molecule has 5 aromatic heterocycles.